The van der Waals surface area contributed by atoms with Gasteiger partial charge in [0.2, 0.25) is 0 Å². The molecule has 6 nitrogen and oxygen atoms in total. The van der Waals surface area contributed by atoms with Crippen LogP contribution in [0.1, 0.15) is 26.2 Å². The summed E-state index contributed by atoms with van der Waals surface area (Å²) in [6.45, 7) is 2.56. The average Bonchev–Trinajstić information content (AvgIpc) is 2.61. The molecule has 1 fully saturated rings. The van der Waals surface area contributed by atoms with Gasteiger partial charge >= 0.3 is 12.1 Å². The second-order valence-corrected chi connectivity index (χ2v) is 3.97. The van der Waals surface area contributed by atoms with E-state index >= 15 is 0 Å². The Kier molecular flexibility index (Phi) is 4.54. The van der Waals surface area contributed by atoms with E-state index in [2.05, 4.69) is 0 Å². The lowest BCUT2D eigenvalue weighted by molar-refractivity contribution is -0.141. The van der Waals surface area contributed by atoms with E-state index in [1.807, 2.05) is 6.92 Å². The van der Waals surface area contributed by atoms with E-state index in [4.69, 9.17) is 15.6 Å². The summed E-state index contributed by atoms with van der Waals surface area (Å²) in [5, 5.41) is 8.92. The number of carbonyl (C=O) groups excluding carboxylic acids is 1. The first-order valence-electron chi connectivity index (χ1n) is 5.48. The number of hydrogen-bond acceptors (Lipinski definition) is 4. The summed E-state index contributed by atoms with van der Waals surface area (Å²) in [6, 6.07) is -1.12. The molecule has 1 aliphatic rings. The van der Waals surface area contributed by atoms with Crippen LogP contribution in [0.4, 0.5) is 4.79 Å². The predicted octanol–water partition coefficient (Wildman–Crippen LogP) is 0.409. The summed E-state index contributed by atoms with van der Waals surface area (Å²) < 4.78 is 4.96. The average molecular weight is 230 g/mol. The first kappa shape index (κ1) is 12.8. The van der Waals surface area contributed by atoms with Gasteiger partial charge in [-0.3, -0.25) is 4.90 Å². The number of hydrogen-bond donors (Lipinski definition) is 2. The van der Waals surface area contributed by atoms with Crippen molar-refractivity contribution >= 4 is 12.1 Å². The van der Waals surface area contributed by atoms with E-state index in [1.165, 1.54) is 4.90 Å². The Morgan fingerprint density at radius 2 is 2.25 bits per heavy atom. The zero-order valence-corrected chi connectivity index (χ0v) is 9.39. The summed E-state index contributed by atoms with van der Waals surface area (Å²) >= 11 is 0. The van der Waals surface area contributed by atoms with Crippen LogP contribution in [0.2, 0.25) is 0 Å². The van der Waals surface area contributed by atoms with Crippen LogP contribution in [-0.2, 0) is 9.53 Å². The molecule has 0 bridgehead atoms. The van der Waals surface area contributed by atoms with E-state index < -0.39 is 18.1 Å². The topological polar surface area (TPSA) is 92.9 Å². The van der Waals surface area contributed by atoms with Crippen LogP contribution in [0.3, 0.4) is 0 Å². The van der Waals surface area contributed by atoms with Crippen LogP contribution in [0.5, 0.6) is 0 Å². The van der Waals surface area contributed by atoms with Crippen LogP contribution in [0, 0.1) is 0 Å². The normalized spacial score (nSPS) is 24.5. The number of nitrogens with zero attached hydrogens (tertiary/aromatic N) is 1. The van der Waals surface area contributed by atoms with Crippen molar-refractivity contribution in [3.8, 4) is 0 Å². The molecule has 0 saturated carbocycles. The number of carbonyl (C=O) groups is 2. The third-order valence-electron chi connectivity index (χ3n) is 2.58. The molecule has 1 heterocycles. The molecule has 92 valence electrons. The maximum atomic E-state index is 11.6. The Bertz CT molecular complexity index is 270. The van der Waals surface area contributed by atoms with Crippen LogP contribution < -0.4 is 5.73 Å². The summed E-state index contributed by atoms with van der Waals surface area (Å²) in [5.41, 5.74) is 5.63. The van der Waals surface area contributed by atoms with Gasteiger partial charge in [0.25, 0.3) is 0 Å². The molecule has 1 unspecified atom stereocenters. The van der Waals surface area contributed by atoms with Crippen LogP contribution in [-0.4, -0.2) is 47.3 Å². The first-order valence-corrected chi connectivity index (χ1v) is 5.48. The second kappa shape index (κ2) is 5.69. The smallest absolute Gasteiger partial charge is 0.410 e. The van der Waals surface area contributed by atoms with Gasteiger partial charge in [0.1, 0.15) is 6.04 Å². The zero-order chi connectivity index (χ0) is 12.1. The minimum Gasteiger partial charge on any atom is -0.480 e. The Hall–Kier alpha value is -1.30. The molecule has 0 aromatic carbocycles. The van der Waals surface area contributed by atoms with Gasteiger partial charge in [-0.25, -0.2) is 9.59 Å². The maximum Gasteiger partial charge on any atom is 0.410 e. The molecule has 0 radical (unpaired) electrons. The number of unbranched alkanes of at least 4 members (excludes halogenated alkanes) is 1. The zero-order valence-electron chi connectivity index (χ0n) is 9.39. The predicted molar refractivity (Wildman–Crippen MR) is 57.0 cm³/mol. The highest BCUT2D eigenvalue weighted by Gasteiger charge is 2.38. The Labute approximate surface area is 94.3 Å². The van der Waals surface area contributed by atoms with Gasteiger partial charge < -0.3 is 15.6 Å². The maximum absolute atomic E-state index is 11.6. The molecule has 1 amide bonds. The molecule has 1 rings (SSSR count). The second-order valence-electron chi connectivity index (χ2n) is 3.97. The molecule has 0 aromatic rings. The van der Waals surface area contributed by atoms with Gasteiger partial charge in [-0.1, -0.05) is 13.3 Å². The standard InChI is InChI=1S/C10H18N2O4/c1-2-3-4-16-10(15)12-6-7(11)5-8(12)9(13)14/h7-8H,2-6,11H2,1H3,(H,13,14)/t7-,8?/m0/s1. The van der Waals surface area contributed by atoms with E-state index in [1.54, 1.807) is 0 Å². The number of amides is 1. The van der Waals surface area contributed by atoms with Gasteiger partial charge in [0, 0.05) is 12.6 Å². The fourth-order valence-electron chi connectivity index (χ4n) is 1.69. The van der Waals surface area contributed by atoms with Crippen molar-refractivity contribution in [3.05, 3.63) is 0 Å². The van der Waals surface area contributed by atoms with Gasteiger partial charge in [-0.2, -0.15) is 0 Å². The fourth-order valence-corrected chi connectivity index (χ4v) is 1.69. The van der Waals surface area contributed by atoms with Crippen molar-refractivity contribution in [2.75, 3.05) is 13.2 Å². The highest BCUT2D eigenvalue weighted by molar-refractivity contribution is 5.80. The number of carboxylic acids is 1. The van der Waals surface area contributed by atoms with Crippen molar-refractivity contribution in [1.82, 2.24) is 4.90 Å². The lowest BCUT2D eigenvalue weighted by Crippen LogP contribution is -2.41. The molecule has 16 heavy (non-hydrogen) atoms. The summed E-state index contributed by atoms with van der Waals surface area (Å²) in [5.74, 6) is -1.03. The molecular formula is C10H18N2O4. The molecule has 0 aliphatic carbocycles. The minimum absolute atomic E-state index is 0.252. The number of ether oxygens (including phenoxy) is 1. The van der Waals surface area contributed by atoms with Crippen LogP contribution in [0.15, 0.2) is 0 Å². The van der Waals surface area contributed by atoms with Gasteiger partial charge in [-0.15, -0.1) is 0 Å². The van der Waals surface area contributed by atoms with Gasteiger partial charge in [0.05, 0.1) is 6.61 Å². The molecule has 3 N–H and O–H groups in total. The summed E-state index contributed by atoms with van der Waals surface area (Å²) in [7, 11) is 0. The number of nitrogens with two attached hydrogens (primary N) is 1. The number of carboxylic acid groups (broad SMARTS) is 1. The van der Waals surface area contributed by atoms with E-state index in [9.17, 15) is 9.59 Å². The van der Waals surface area contributed by atoms with Crippen molar-refractivity contribution in [2.24, 2.45) is 5.73 Å². The summed E-state index contributed by atoms with van der Waals surface area (Å²) in [4.78, 5) is 23.6. The van der Waals surface area contributed by atoms with Crippen molar-refractivity contribution in [3.63, 3.8) is 0 Å². The highest BCUT2D eigenvalue weighted by atomic mass is 16.6. The van der Waals surface area contributed by atoms with E-state index in [0.29, 0.717) is 6.61 Å². The Morgan fingerprint density at radius 3 is 2.81 bits per heavy atom. The fraction of sp³-hybridized carbons (Fsp3) is 0.800. The lowest BCUT2D eigenvalue weighted by Gasteiger charge is -2.20. The van der Waals surface area contributed by atoms with Crippen LogP contribution >= 0.6 is 0 Å². The Morgan fingerprint density at radius 1 is 1.56 bits per heavy atom. The van der Waals surface area contributed by atoms with Crippen molar-refractivity contribution in [2.45, 2.75) is 38.3 Å². The molecule has 1 saturated heterocycles. The quantitative estimate of drug-likeness (QED) is 0.682. The van der Waals surface area contributed by atoms with Crippen molar-refractivity contribution < 1.29 is 19.4 Å². The van der Waals surface area contributed by atoms with Gasteiger partial charge in [0.15, 0.2) is 0 Å². The largest absolute Gasteiger partial charge is 0.480 e. The Balaban J connectivity index is 2.50. The number of likely N-dealkylation sites (tertiary alicyclic amines) is 1. The first-order chi connectivity index (χ1) is 7.56. The molecule has 1 aliphatic heterocycles. The SMILES string of the molecule is CCCCOC(=O)N1C[C@@H](N)CC1C(=O)O. The van der Waals surface area contributed by atoms with Crippen molar-refractivity contribution in [1.29, 1.82) is 0 Å². The third kappa shape index (κ3) is 3.10. The molecule has 2 atom stereocenters. The number of aliphatic carboxylic acids is 1. The lowest BCUT2D eigenvalue weighted by atomic mass is 10.2. The molecular weight excluding hydrogens is 212 g/mol. The minimum atomic E-state index is -1.03. The monoisotopic (exact) mass is 230 g/mol. The molecule has 0 spiro atoms. The van der Waals surface area contributed by atoms with Gasteiger partial charge in [-0.05, 0) is 12.8 Å². The van der Waals surface area contributed by atoms with E-state index in [-0.39, 0.29) is 19.0 Å². The van der Waals surface area contributed by atoms with Crippen LogP contribution in [0.25, 0.3) is 0 Å². The molecule has 6 heteroatoms. The van der Waals surface area contributed by atoms with E-state index in [0.717, 1.165) is 12.8 Å². The number of rotatable bonds is 4. The third-order valence-corrected chi connectivity index (χ3v) is 2.58. The summed E-state index contributed by atoms with van der Waals surface area (Å²) in [6.07, 6.45) is 1.42. The highest BCUT2D eigenvalue weighted by Crippen LogP contribution is 2.17. The molecule has 0 aromatic heterocycles.